The van der Waals surface area contributed by atoms with E-state index < -0.39 is 6.10 Å². The number of hydrogen-bond donors (Lipinski definition) is 0. The lowest BCUT2D eigenvalue weighted by Gasteiger charge is -2.18. The Hall–Kier alpha value is -3.96. The maximum absolute atomic E-state index is 12.8. The van der Waals surface area contributed by atoms with E-state index in [9.17, 15) is 9.59 Å². The van der Waals surface area contributed by atoms with Crippen LogP contribution in [0.5, 0.6) is 0 Å². The Morgan fingerprint density at radius 3 is 1.03 bits per heavy atom. The predicted octanol–water partition coefficient (Wildman–Crippen LogP) is 19.9. The molecule has 0 fully saturated rings. The molecule has 5 nitrogen and oxygen atoms in total. The second-order valence-electron chi connectivity index (χ2n) is 18.5. The number of carbonyl (C=O) groups is 2. The van der Waals surface area contributed by atoms with E-state index >= 15 is 0 Å². The van der Waals surface area contributed by atoms with Crippen molar-refractivity contribution in [3.63, 3.8) is 0 Å². The van der Waals surface area contributed by atoms with Crippen molar-refractivity contribution in [1.82, 2.24) is 0 Å². The summed E-state index contributed by atoms with van der Waals surface area (Å²) in [5, 5.41) is 0. The summed E-state index contributed by atoms with van der Waals surface area (Å²) in [5.74, 6) is -0.592. The third-order valence-corrected chi connectivity index (χ3v) is 11.7. The Balaban J connectivity index is 4.52. The van der Waals surface area contributed by atoms with Crippen LogP contribution in [0.4, 0.5) is 0 Å². The van der Waals surface area contributed by atoms with Crippen LogP contribution >= 0.6 is 0 Å². The van der Waals surface area contributed by atoms with Gasteiger partial charge in [0.1, 0.15) is 6.61 Å². The molecule has 0 saturated carbocycles. The largest absolute Gasteiger partial charge is 0.462 e. The van der Waals surface area contributed by atoms with Gasteiger partial charge in [-0.05, 0) is 96.3 Å². The summed E-state index contributed by atoms with van der Waals surface area (Å²) in [7, 11) is 0. The summed E-state index contributed by atoms with van der Waals surface area (Å²) >= 11 is 0. The lowest BCUT2D eigenvalue weighted by molar-refractivity contribution is -0.162. The first-order chi connectivity index (χ1) is 34.6. The highest BCUT2D eigenvalue weighted by Crippen LogP contribution is 2.14. The fraction of sp³-hybridized carbons (Fsp3) is 0.631. The highest BCUT2D eigenvalue weighted by atomic mass is 16.6. The zero-order valence-corrected chi connectivity index (χ0v) is 45.5. The number of ether oxygens (including phenoxy) is 3. The van der Waals surface area contributed by atoms with Crippen molar-refractivity contribution in [2.75, 3.05) is 19.8 Å². The van der Waals surface area contributed by atoms with Crippen LogP contribution in [0, 0.1) is 0 Å². The van der Waals surface area contributed by atoms with Crippen molar-refractivity contribution in [3.05, 3.63) is 134 Å². The van der Waals surface area contributed by atoms with Crippen LogP contribution in [0.3, 0.4) is 0 Å². The molecule has 0 aliphatic carbocycles. The molecule has 0 amide bonds. The molecule has 0 spiro atoms. The standard InChI is InChI=1S/C65H106O5/c1-4-7-10-13-16-19-22-25-28-31-33-35-37-40-43-46-49-52-55-58-64(66)69-62-63(61-68-60-57-54-51-48-45-42-39-30-27-24-21-18-15-12-9-6-3)70-65(67)59-56-53-50-47-44-41-38-36-34-32-29-26-23-20-17-14-11-8-5-2/h8,11,16-17,19-20,25-26,28-29,33-36,40-41,43-44,49-50,52-53,63H,4-7,9-10,12-15,18,21-24,27,30-32,37-39,42,45-48,51,54-62H2,1-3H3/b11-8-,19-16-,20-17-,28-25-,29-26-,35-33-,36-34-,43-40-,44-41-,52-49-,53-50-/t63-/m1/s1. The molecular weight excluding hydrogens is 861 g/mol. The lowest BCUT2D eigenvalue weighted by atomic mass is 10.0. The van der Waals surface area contributed by atoms with Gasteiger partial charge in [0.25, 0.3) is 0 Å². The highest BCUT2D eigenvalue weighted by Gasteiger charge is 2.17. The molecule has 1 atom stereocenters. The van der Waals surface area contributed by atoms with Gasteiger partial charge >= 0.3 is 11.9 Å². The van der Waals surface area contributed by atoms with Crippen LogP contribution in [0.2, 0.25) is 0 Å². The van der Waals surface area contributed by atoms with Crippen molar-refractivity contribution in [2.24, 2.45) is 0 Å². The molecule has 0 unspecified atom stereocenters. The van der Waals surface area contributed by atoms with Crippen LogP contribution in [-0.2, 0) is 23.8 Å². The molecule has 396 valence electrons. The van der Waals surface area contributed by atoms with E-state index in [-0.39, 0.29) is 38.0 Å². The summed E-state index contributed by atoms with van der Waals surface area (Å²) < 4.78 is 17.3. The molecule has 0 aliphatic rings. The van der Waals surface area contributed by atoms with Gasteiger partial charge in [-0.15, -0.1) is 0 Å². The molecule has 0 bridgehead atoms. The second-order valence-corrected chi connectivity index (χ2v) is 18.5. The Labute approximate surface area is 432 Å². The van der Waals surface area contributed by atoms with Gasteiger partial charge in [0.15, 0.2) is 6.10 Å². The molecule has 0 aliphatic heterocycles. The van der Waals surface area contributed by atoms with Gasteiger partial charge in [-0.25, -0.2) is 0 Å². The van der Waals surface area contributed by atoms with Gasteiger partial charge < -0.3 is 14.2 Å². The monoisotopic (exact) mass is 967 g/mol. The molecule has 0 saturated heterocycles. The van der Waals surface area contributed by atoms with Crippen LogP contribution in [-0.4, -0.2) is 37.9 Å². The zero-order valence-electron chi connectivity index (χ0n) is 45.5. The molecular formula is C65H106O5. The second kappa shape index (κ2) is 59.3. The summed E-state index contributed by atoms with van der Waals surface area (Å²) in [6.45, 7) is 7.53. The zero-order chi connectivity index (χ0) is 50.6. The molecule has 0 rings (SSSR count). The summed E-state index contributed by atoms with van der Waals surface area (Å²) in [5.41, 5.74) is 0. The average molecular weight is 968 g/mol. The first-order valence-electron chi connectivity index (χ1n) is 28.7. The van der Waals surface area contributed by atoms with Crippen molar-refractivity contribution < 1.29 is 23.8 Å². The van der Waals surface area contributed by atoms with E-state index in [2.05, 4.69) is 142 Å². The minimum absolute atomic E-state index is 0.00930. The molecule has 0 aromatic rings. The number of rotatable bonds is 51. The Morgan fingerprint density at radius 1 is 0.329 bits per heavy atom. The fourth-order valence-corrected chi connectivity index (χ4v) is 7.46. The molecule has 0 radical (unpaired) electrons. The van der Waals surface area contributed by atoms with Crippen molar-refractivity contribution >= 4 is 11.9 Å². The lowest BCUT2D eigenvalue weighted by Crippen LogP contribution is -2.30. The molecule has 70 heavy (non-hydrogen) atoms. The summed E-state index contributed by atoms with van der Waals surface area (Å²) in [6.07, 6.45) is 85.0. The smallest absolute Gasteiger partial charge is 0.306 e. The summed E-state index contributed by atoms with van der Waals surface area (Å²) in [4.78, 5) is 25.5. The first-order valence-corrected chi connectivity index (χ1v) is 28.7. The topological polar surface area (TPSA) is 61.8 Å². The quantitative estimate of drug-likeness (QED) is 0.0345. The molecule has 0 N–H and O–H groups in total. The molecule has 0 aromatic heterocycles. The van der Waals surface area contributed by atoms with Gasteiger partial charge in [-0.2, -0.15) is 0 Å². The highest BCUT2D eigenvalue weighted by molar-refractivity contribution is 5.70. The van der Waals surface area contributed by atoms with Crippen LogP contribution in [0.25, 0.3) is 0 Å². The third kappa shape index (κ3) is 56.6. The normalized spacial score (nSPS) is 13.2. The van der Waals surface area contributed by atoms with E-state index in [1.807, 2.05) is 12.2 Å². The first kappa shape index (κ1) is 66.0. The van der Waals surface area contributed by atoms with Gasteiger partial charge in [-0.3, -0.25) is 9.59 Å². The van der Waals surface area contributed by atoms with E-state index in [0.29, 0.717) is 19.4 Å². The molecule has 0 aromatic carbocycles. The van der Waals surface area contributed by atoms with Gasteiger partial charge in [0.05, 0.1) is 6.61 Å². The van der Waals surface area contributed by atoms with E-state index in [1.54, 1.807) is 0 Å². The van der Waals surface area contributed by atoms with Crippen molar-refractivity contribution in [1.29, 1.82) is 0 Å². The summed E-state index contributed by atoms with van der Waals surface area (Å²) in [6, 6.07) is 0. The average Bonchev–Trinajstić information content (AvgIpc) is 3.36. The van der Waals surface area contributed by atoms with Crippen molar-refractivity contribution in [3.8, 4) is 0 Å². The fourth-order valence-electron chi connectivity index (χ4n) is 7.46. The molecule has 5 heteroatoms. The number of allylic oxidation sites excluding steroid dienone is 22. The van der Waals surface area contributed by atoms with E-state index in [4.69, 9.17) is 14.2 Å². The van der Waals surface area contributed by atoms with E-state index in [0.717, 1.165) is 77.0 Å². The van der Waals surface area contributed by atoms with Crippen LogP contribution in [0.1, 0.15) is 239 Å². The number of esters is 2. The Bertz CT molecular complexity index is 1470. The number of carbonyl (C=O) groups excluding carboxylic acids is 2. The SMILES string of the molecule is CC/C=C\C/C=C\C/C=C\C/C=C\C/C=C\C/C=C\CCC(=O)O[C@H](COCCCCCCCCCCCCCCCCCC)COC(=O)CC/C=C\C/C=C\C/C=C\C/C=C\C/C=C\CCCCC. The minimum Gasteiger partial charge on any atom is -0.462 e. The molecule has 0 heterocycles. The Kier molecular flexibility index (Phi) is 56.0. The van der Waals surface area contributed by atoms with Gasteiger partial charge in [0, 0.05) is 19.4 Å². The predicted molar refractivity (Wildman–Crippen MR) is 306 cm³/mol. The van der Waals surface area contributed by atoms with Crippen LogP contribution in [0.15, 0.2) is 134 Å². The Morgan fingerprint density at radius 2 is 0.643 bits per heavy atom. The van der Waals surface area contributed by atoms with Gasteiger partial charge in [-0.1, -0.05) is 264 Å². The maximum Gasteiger partial charge on any atom is 0.306 e. The van der Waals surface area contributed by atoms with Gasteiger partial charge in [0.2, 0.25) is 0 Å². The number of hydrogen-bond acceptors (Lipinski definition) is 5. The maximum atomic E-state index is 12.8. The van der Waals surface area contributed by atoms with Crippen molar-refractivity contribution in [2.45, 2.75) is 245 Å². The van der Waals surface area contributed by atoms with E-state index in [1.165, 1.54) is 116 Å². The minimum atomic E-state index is -0.615. The number of unbranched alkanes of at least 4 members (excludes halogenated alkanes) is 18. The van der Waals surface area contributed by atoms with Crippen LogP contribution < -0.4 is 0 Å². The third-order valence-electron chi connectivity index (χ3n) is 11.7.